The fourth-order valence-electron chi connectivity index (χ4n) is 3.85. The second kappa shape index (κ2) is 6.89. The monoisotopic (exact) mass is 385 g/mol. The Labute approximate surface area is 162 Å². The van der Waals surface area contributed by atoms with Crippen molar-refractivity contribution in [3.8, 4) is 11.5 Å². The first kappa shape index (κ1) is 17.9. The molecule has 5 nitrogen and oxygen atoms in total. The highest BCUT2D eigenvalue weighted by atomic mass is 35.5. The summed E-state index contributed by atoms with van der Waals surface area (Å²) in [6, 6.07) is 12.4. The molecule has 0 radical (unpaired) electrons. The Morgan fingerprint density at radius 2 is 1.93 bits per heavy atom. The highest BCUT2D eigenvalue weighted by Crippen LogP contribution is 2.40. The number of halogens is 1. The van der Waals surface area contributed by atoms with Gasteiger partial charge in [0.2, 0.25) is 0 Å². The third-order valence-electron chi connectivity index (χ3n) is 5.35. The zero-order valence-corrected chi connectivity index (χ0v) is 15.8. The Morgan fingerprint density at radius 3 is 2.67 bits per heavy atom. The molecule has 140 valence electrons. The molecule has 6 heteroatoms. The molecule has 2 aromatic rings. The number of amides is 1. The topological polar surface area (TPSA) is 55.8 Å². The van der Waals surface area contributed by atoms with Gasteiger partial charge in [0.1, 0.15) is 17.1 Å². The largest absolute Gasteiger partial charge is 0.496 e. The molecule has 0 bridgehead atoms. The number of nitrogens with zero attached hydrogens (tertiary/aromatic N) is 1. The van der Waals surface area contributed by atoms with Crippen LogP contribution in [0.2, 0.25) is 5.02 Å². The molecule has 1 amide bonds. The Balaban J connectivity index is 1.50. The van der Waals surface area contributed by atoms with Gasteiger partial charge in [0.25, 0.3) is 5.91 Å². The van der Waals surface area contributed by atoms with Gasteiger partial charge < -0.3 is 14.4 Å². The number of Topliss-reactive ketones (excluding diaryl/α,β-unsaturated/α-hetero) is 1. The van der Waals surface area contributed by atoms with E-state index in [1.807, 2.05) is 12.1 Å². The van der Waals surface area contributed by atoms with Crippen LogP contribution in [-0.2, 0) is 0 Å². The summed E-state index contributed by atoms with van der Waals surface area (Å²) in [6.45, 7) is 1.07. The van der Waals surface area contributed by atoms with Crippen LogP contribution in [0.15, 0.2) is 42.5 Å². The number of hydrogen-bond donors (Lipinski definition) is 0. The number of rotatable bonds is 2. The van der Waals surface area contributed by atoms with Crippen molar-refractivity contribution in [1.82, 2.24) is 4.90 Å². The van der Waals surface area contributed by atoms with Crippen molar-refractivity contribution in [1.29, 1.82) is 0 Å². The molecule has 1 spiro atoms. The van der Waals surface area contributed by atoms with Crippen LogP contribution in [0.4, 0.5) is 0 Å². The number of ketones is 1. The summed E-state index contributed by atoms with van der Waals surface area (Å²) in [7, 11) is 1.56. The van der Waals surface area contributed by atoms with Crippen LogP contribution < -0.4 is 9.47 Å². The minimum Gasteiger partial charge on any atom is -0.496 e. The number of para-hydroxylation sites is 1. The molecule has 0 N–H and O–H groups in total. The summed E-state index contributed by atoms with van der Waals surface area (Å²) >= 11 is 5.99. The lowest BCUT2D eigenvalue weighted by Crippen LogP contribution is -2.52. The number of methoxy groups -OCH3 is 1. The molecule has 1 saturated heterocycles. The van der Waals surface area contributed by atoms with Crippen LogP contribution in [0.25, 0.3) is 0 Å². The van der Waals surface area contributed by atoms with Gasteiger partial charge in [0, 0.05) is 31.0 Å². The van der Waals surface area contributed by atoms with Crippen molar-refractivity contribution in [2.45, 2.75) is 24.9 Å². The fraction of sp³-hybridized carbons (Fsp3) is 0.333. The van der Waals surface area contributed by atoms with Gasteiger partial charge in [-0.25, -0.2) is 0 Å². The standard InChI is InChI=1S/C21H20ClNO4/c1-26-18-5-3-2-4-15(18)20(25)23-10-8-21(9-11-23)13-17(24)16-12-14(22)6-7-19(16)27-21/h2-7,12H,8-11,13H2,1H3. The molecular formula is C21H20ClNO4. The van der Waals surface area contributed by atoms with Crippen LogP contribution in [0.5, 0.6) is 11.5 Å². The van der Waals surface area contributed by atoms with E-state index < -0.39 is 5.60 Å². The van der Waals surface area contributed by atoms with Crippen molar-refractivity contribution in [2.75, 3.05) is 20.2 Å². The third-order valence-corrected chi connectivity index (χ3v) is 5.59. The van der Waals surface area contributed by atoms with E-state index in [9.17, 15) is 9.59 Å². The number of fused-ring (bicyclic) bond motifs is 1. The summed E-state index contributed by atoms with van der Waals surface area (Å²) in [4.78, 5) is 27.3. The van der Waals surface area contributed by atoms with E-state index in [4.69, 9.17) is 21.1 Å². The van der Waals surface area contributed by atoms with Gasteiger partial charge >= 0.3 is 0 Å². The Hall–Kier alpha value is -2.53. The van der Waals surface area contributed by atoms with E-state index >= 15 is 0 Å². The van der Waals surface area contributed by atoms with Gasteiger partial charge in [-0.2, -0.15) is 0 Å². The molecule has 1 fully saturated rings. The minimum absolute atomic E-state index is 0.0447. The Kier molecular flexibility index (Phi) is 4.56. The van der Waals surface area contributed by atoms with Crippen LogP contribution in [0, 0.1) is 0 Å². The maximum Gasteiger partial charge on any atom is 0.257 e. The average Bonchev–Trinajstić information content (AvgIpc) is 2.69. The second-order valence-electron chi connectivity index (χ2n) is 7.02. The summed E-state index contributed by atoms with van der Waals surface area (Å²) in [5.41, 5.74) is 0.548. The zero-order chi connectivity index (χ0) is 19.0. The lowest BCUT2D eigenvalue weighted by atomic mass is 9.82. The molecule has 2 aliphatic rings. The van der Waals surface area contributed by atoms with Crippen molar-refractivity contribution in [3.05, 3.63) is 58.6 Å². The van der Waals surface area contributed by atoms with Gasteiger partial charge in [-0.05, 0) is 30.3 Å². The van der Waals surface area contributed by atoms with Crippen LogP contribution >= 0.6 is 11.6 Å². The second-order valence-corrected chi connectivity index (χ2v) is 7.45. The molecule has 2 aromatic carbocycles. The smallest absolute Gasteiger partial charge is 0.257 e. The number of hydrogen-bond acceptors (Lipinski definition) is 4. The van der Waals surface area contributed by atoms with Crippen molar-refractivity contribution < 1.29 is 19.1 Å². The van der Waals surface area contributed by atoms with Crippen molar-refractivity contribution >= 4 is 23.3 Å². The summed E-state index contributed by atoms with van der Waals surface area (Å²) < 4.78 is 11.5. The molecule has 0 aliphatic carbocycles. The molecule has 27 heavy (non-hydrogen) atoms. The van der Waals surface area contributed by atoms with E-state index in [0.29, 0.717) is 60.0 Å². The summed E-state index contributed by atoms with van der Waals surface area (Å²) in [6.07, 6.45) is 1.54. The number of likely N-dealkylation sites (tertiary alicyclic amines) is 1. The first-order valence-corrected chi connectivity index (χ1v) is 9.33. The van der Waals surface area contributed by atoms with Crippen LogP contribution in [0.3, 0.4) is 0 Å². The first-order valence-electron chi connectivity index (χ1n) is 8.95. The van der Waals surface area contributed by atoms with Crippen LogP contribution in [0.1, 0.15) is 40.0 Å². The van der Waals surface area contributed by atoms with Gasteiger partial charge in [0.05, 0.1) is 24.7 Å². The Bertz CT molecular complexity index is 903. The molecule has 4 rings (SSSR count). The third kappa shape index (κ3) is 3.28. The van der Waals surface area contributed by atoms with Gasteiger partial charge in [-0.15, -0.1) is 0 Å². The summed E-state index contributed by atoms with van der Waals surface area (Å²) in [5.74, 6) is 1.14. The predicted octanol–water partition coefficient (Wildman–Crippen LogP) is 3.99. The maximum atomic E-state index is 12.9. The highest BCUT2D eigenvalue weighted by molar-refractivity contribution is 6.31. The van der Waals surface area contributed by atoms with Gasteiger partial charge in [-0.1, -0.05) is 23.7 Å². The number of carbonyl (C=O) groups is 2. The molecule has 2 heterocycles. The predicted molar refractivity (Wildman–Crippen MR) is 102 cm³/mol. The maximum absolute atomic E-state index is 12.9. The normalized spacial score (nSPS) is 18.0. The number of carbonyl (C=O) groups excluding carboxylic acids is 2. The van der Waals surface area contributed by atoms with E-state index in [1.165, 1.54) is 0 Å². The average molecular weight is 386 g/mol. The molecule has 0 aromatic heterocycles. The minimum atomic E-state index is -0.546. The zero-order valence-electron chi connectivity index (χ0n) is 15.0. The quantitative estimate of drug-likeness (QED) is 0.784. The Morgan fingerprint density at radius 1 is 1.19 bits per heavy atom. The van der Waals surface area contributed by atoms with Crippen LogP contribution in [-0.4, -0.2) is 42.4 Å². The van der Waals surface area contributed by atoms with Crippen molar-refractivity contribution in [2.24, 2.45) is 0 Å². The van der Waals surface area contributed by atoms with Crippen molar-refractivity contribution in [3.63, 3.8) is 0 Å². The first-order chi connectivity index (χ1) is 13.0. The lowest BCUT2D eigenvalue weighted by Gasteiger charge is -2.44. The van der Waals surface area contributed by atoms with Gasteiger partial charge in [0.15, 0.2) is 5.78 Å². The lowest BCUT2D eigenvalue weighted by molar-refractivity contribution is -0.00575. The molecule has 0 atom stereocenters. The SMILES string of the molecule is COc1ccccc1C(=O)N1CCC2(CC1)CC(=O)c1cc(Cl)ccc1O2. The number of ether oxygens (including phenoxy) is 2. The van der Waals surface area contributed by atoms with Gasteiger partial charge in [-0.3, -0.25) is 9.59 Å². The van der Waals surface area contributed by atoms with E-state index in [0.717, 1.165) is 0 Å². The van der Waals surface area contributed by atoms with E-state index in [-0.39, 0.29) is 11.7 Å². The number of piperidine rings is 1. The molecule has 2 aliphatic heterocycles. The van der Waals surface area contributed by atoms with E-state index in [2.05, 4.69) is 0 Å². The molecule has 0 saturated carbocycles. The number of benzene rings is 2. The molecular weight excluding hydrogens is 366 g/mol. The summed E-state index contributed by atoms with van der Waals surface area (Å²) in [5, 5.41) is 0.527. The van der Waals surface area contributed by atoms with E-state index in [1.54, 1.807) is 42.3 Å². The molecule has 0 unspecified atom stereocenters. The fourth-order valence-corrected chi connectivity index (χ4v) is 4.03. The highest BCUT2D eigenvalue weighted by Gasteiger charge is 2.43.